The van der Waals surface area contributed by atoms with Crippen LogP contribution in [0.4, 0.5) is 35.3 Å². The van der Waals surface area contributed by atoms with Crippen molar-refractivity contribution in [3.8, 4) is 11.6 Å². The van der Waals surface area contributed by atoms with E-state index in [4.69, 9.17) is 21.4 Å². The molecule has 33 heavy (non-hydrogen) atoms. The zero-order valence-electron chi connectivity index (χ0n) is 17.2. The molecule has 0 bridgehead atoms. The molecule has 0 spiro atoms. The Bertz CT molecular complexity index is 1110. The SMILES string of the molecule is C[C@H](CO)Nc1nccc(Oc2ccc(NC(=O)Nc3ccc(Cl)c(C(F)(F)F)c3)cc2)n1. The van der Waals surface area contributed by atoms with Gasteiger partial charge in [0.25, 0.3) is 0 Å². The fourth-order valence-corrected chi connectivity index (χ4v) is 2.80. The van der Waals surface area contributed by atoms with Crippen molar-refractivity contribution in [3.05, 3.63) is 65.3 Å². The number of nitrogens with zero attached hydrogens (tertiary/aromatic N) is 2. The van der Waals surface area contributed by atoms with Crippen molar-refractivity contribution in [1.29, 1.82) is 0 Å². The Morgan fingerprint density at radius 2 is 1.79 bits per heavy atom. The second-order valence-electron chi connectivity index (χ2n) is 6.84. The minimum absolute atomic E-state index is 0.0622. The van der Waals surface area contributed by atoms with Crippen molar-refractivity contribution in [2.24, 2.45) is 0 Å². The van der Waals surface area contributed by atoms with E-state index in [1.54, 1.807) is 37.3 Å². The van der Waals surface area contributed by atoms with Crippen molar-refractivity contribution in [2.45, 2.75) is 19.1 Å². The number of amides is 2. The third kappa shape index (κ3) is 6.96. The second kappa shape index (κ2) is 10.4. The van der Waals surface area contributed by atoms with Crippen molar-refractivity contribution < 1.29 is 27.8 Å². The van der Waals surface area contributed by atoms with Gasteiger partial charge in [-0.25, -0.2) is 9.78 Å². The molecule has 1 heterocycles. The molecule has 1 atom stereocenters. The lowest BCUT2D eigenvalue weighted by Gasteiger charge is -2.13. The number of ether oxygens (including phenoxy) is 1. The number of nitrogens with one attached hydrogen (secondary N) is 3. The van der Waals surface area contributed by atoms with E-state index in [1.807, 2.05) is 0 Å². The number of halogens is 4. The molecule has 0 saturated heterocycles. The number of anilines is 3. The number of aliphatic hydroxyl groups is 1. The number of urea groups is 1. The fraction of sp³-hybridized carbons (Fsp3) is 0.190. The van der Waals surface area contributed by atoms with Gasteiger partial charge >= 0.3 is 12.2 Å². The maximum atomic E-state index is 13.0. The molecule has 0 aliphatic carbocycles. The van der Waals surface area contributed by atoms with Crippen LogP contribution in [-0.2, 0) is 6.18 Å². The average molecular weight is 482 g/mol. The Morgan fingerprint density at radius 3 is 2.45 bits per heavy atom. The number of alkyl halides is 3. The number of hydrogen-bond donors (Lipinski definition) is 4. The molecule has 174 valence electrons. The van der Waals surface area contributed by atoms with Crippen LogP contribution in [0.15, 0.2) is 54.7 Å². The summed E-state index contributed by atoms with van der Waals surface area (Å²) in [5.74, 6) is 0.979. The van der Waals surface area contributed by atoms with E-state index in [0.717, 1.165) is 12.1 Å². The van der Waals surface area contributed by atoms with Gasteiger partial charge in [-0.05, 0) is 49.4 Å². The highest BCUT2D eigenvalue weighted by molar-refractivity contribution is 6.31. The molecule has 0 aliphatic heterocycles. The lowest BCUT2D eigenvalue weighted by atomic mass is 10.2. The van der Waals surface area contributed by atoms with Crippen LogP contribution in [0.3, 0.4) is 0 Å². The van der Waals surface area contributed by atoms with E-state index in [-0.39, 0.29) is 24.2 Å². The van der Waals surface area contributed by atoms with Gasteiger partial charge in [-0.2, -0.15) is 18.2 Å². The minimum atomic E-state index is -4.64. The Kier molecular flexibility index (Phi) is 7.56. The Labute approximate surface area is 191 Å². The Morgan fingerprint density at radius 1 is 1.12 bits per heavy atom. The molecule has 0 fully saturated rings. The highest BCUT2D eigenvalue weighted by Crippen LogP contribution is 2.36. The maximum absolute atomic E-state index is 13.0. The van der Waals surface area contributed by atoms with Crippen LogP contribution in [0, 0.1) is 0 Å². The predicted molar refractivity (Wildman–Crippen MR) is 118 cm³/mol. The molecular formula is C21H19ClF3N5O3. The number of rotatable bonds is 7. The largest absolute Gasteiger partial charge is 0.439 e. The second-order valence-corrected chi connectivity index (χ2v) is 7.25. The molecule has 12 heteroatoms. The highest BCUT2D eigenvalue weighted by atomic mass is 35.5. The van der Waals surface area contributed by atoms with Gasteiger partial charge in [-0.15, -0.1) is 0 Å². The maximum Gasteiger partial charge on any atom is 0.417 e. The van der Waals surface area contributed by atoms with Crippen LogP contribution < -0.4 is 20.7 Å². The summed E-state index contributed by atoms with van der Waals surface area (Å²) in [5, 5.41) is 16.4. The van der Waals surface area contributed by atoms with Gasteiger partial charge in [0.1, 0.15) is 5.75 Å². The third-order valence-electron chi connectivity index (χ3n) is 4.14. The molecule has 0 aliphatic rings. The van der Waals surface area contributed by atoms with Gasteiger partial charge < -0.3 is 25.8 Å². The molecule has 3 rings (SSSR count). The number of carbonyl (C=O) groups is 1. The summed E-state index contributed by atoms with van der Waals surface area (Å²) >= 11 is 5.58. The predicted octanol–water partition coefficient (Wildman–Crippen LogP) is 5.38. The molecule has 1 aromatic heterocycles. The van der Waals surface area contributed by atoms with Gasteiger partial charge in [0.2, 0.25) is 11.8 Å². The molecule has 4 N–H and O–H groups in total. The first-order valence-electron chi connectivity index (χ1n) is 9.57. The van der Waals surface area contributed by atoms with E-state index in [1.165, 1.54) is 12.3 Å². The molecule has 2 amide bonds. The highest BCUT2D eigenvalue weighted by Gasteiger charge is 2.33. The summed E-state index contributed by atoms with van der Waals surface area (Å²) in [6, 6.07) is 9.91. The summed E-state index contributed by atoms with van der Waals surface area (Å²) in [4.78, 5) is 20.4. The van der Waals surface area contributed by atoms with Gasteiger partial charge in [0, 0.05) is 29.7 Å². The minimum Gasteiger partial charge on any atom is -0.439 e. The monoisotopic (exact) mass is 481 g/mol. The molecule has 0 unspecified atom stereocenters. The Balaban J connectivity index is 1.60. The fourth-order valence-electron chi connectivity index (χ4n) is 2.58. The Hall–Kier alpha value is -3.57. The van der Waals surface area contributed by atoms with E-state index in [2.05, 4.69) is 25.9 Å². The first-order chi connectivity index (χ1) is 15.6. The number of benzene rings is 2. The summed E-state index contributed by atoms with van der Waals surface area (Å²) in [5.41, 5.74) is -0.725. The number of aliphatic hydroxyl groups excluding tert-OH is 1. The standard InChI is InChI=1S/C21H19ClF3N5O3/c1-12(11-31)27-19-26-9-8-18(30-19)33-15-5-2-13(3-6-15)28-20(32)29-14-4-7-17(22)16(10-14)21(23,24)25/h2-10,12,31H,11H2,1H3,(H,26,27,30)(H2,28,29,32)/t12-/m1/s1. The van der Waals surface area contributed by atoms with Crippen molar-refractivity contribution in [2.75, 3.05) is 22.6 Å². The topological polar surface area (TPSA) is 108 Å². The zero-order chi connectivity index (χ0) is 24.0. The van der Waals surface area contributed by atoms with E-state index >= 15 is 0 Å². The number of carbonyl (C=O) groups excluding carboxylic acids is 1. The molecule has 3 aromatic rings. The van der Waals surface area contributed by atoms with Crippen molar-refractivity contribution in [3.63, 3.8) is 0 Å². The van der Waals surface area contributed by atoms with Gasteiger partial charge in [0.05, 0.1) is 17.2 Å². The van der Waals surface area contributed by atoms with Crippen LogP contribution >= 0.6 is 11.6 Å². The van der Waals surface area contributed by atoms with E-state index in [0.29, 0.717) is 17.4 Å². The summed E-state index contributed by atoms with van der Waals surface area (Å²) in [7, 11) is 0. The van der Waals surface area contributed by atoms with Gasteiger partial charge in [-0.1, -0.05) is 11.6 Å². The van der Waals surface area contributed by atoms with Gasteiger partial charge in [0.15, 0.2) is 0 Å². The average Bonchev–Trinajstić information content (AvgIpc) is 2.76. The van der Waals surface area contributed by atoms with Crippen LogP contribution in [0.25, 0.3) is 0 Å². The summed E-state index contributed by atoms with van der Waals surface area (Å²) in [6.45, 7) is 1.68. The molecule has 0 saturated carbocycles. The quantitative estimate of drug-likeness (QED) is 0.361. The summed E-state index contributed by atoms with van der Waals surface area (Å²) < 4.78 is 44.5. The molecular weight excluding hydrogens is 463 g/mol. The molecule has 0 radical (unpaired) electrons. The summed E-state index contributed by atoms with van der Waals surface area (Å²) in [6.07, 6.45) is -3.14. The lowest BCUT2D eigenvalue weighted by Crippen LogP contribution is -2.20. The van der Waals surface area contributed by atoms with Gasteiger partial charge in [-0.3, -0.25) is 0 Å². The smallest absolute Gasteiger partial charge is 0.417 e. The first kappa shape index (κ1) is 24.1. The van der Waals surface area contributed by atoms with E-state index < -0.39 is 22.8 Å². The number of hydrogen-bond acceptors (Lipinski definition) is 6. The van der Waals surface area contributed by atoms with Crippen LogP contribution in [-0.4, -0.2) is 33.8 Å². The molecule has 2 aromatic carbocycles. The van der Waals surface area contributed by atoms with Crippen LogP contribution in [0.5, 0.6) is 11.6 Å². The molecule has 8 nitrogen and oxygen atoms in total. The first-order valence-corrected chi connectivity index (χ1v) is 9.95. The van der Waals surface area contributed by atoms with Crippen LogP contribution in [0.1, 0.15) is 12.5 Å². The van der Waals surface area contributed by atoms with Crippen molar-refractivity contribution >= 4 is 35.0 Å². The van der Waals surface area contributed by atoms with Crippen molar-refractivity contribution in [1.82, 2.24) is 9.97 Å². The normalized spacial score (nSPS) is 12.1. The van der Waals surface area contributed by atoms with Crippen LogP contribution in [0.2, 0.25) is 5.02 Å². The number of aromatic nitrogens is 2. The zero-order valence-corrected chi connectivity index (χ0v) is 17.9. The van der Waals surface area contributed by atoms with E-state index in [9.17, 15) is 18.0 Å². The lowest BCUT2D eigenvalue weighted by molar-refractivity contribution is -0.137. The third-order valence-corrected chi connectivity index (χ3v) is 4.47.